The smallest absolute Gasteiger partial charge is 0.310 e. The molecule has 0 aliphatic heterocycles. The minimum Gasteiger partial charge on any atom is -0.469 e. The van der Waals surface area contributed by atoms with Gasteiger partial charge in [0.2, 0.25) is 0 Å². The maximum Gasteiger partial charge on any atom is 0.310 e. The van der Waals surface area contributed by atoms with Crippen LogP contribution >= 0.6 is 12.4 Å². The van der Waals surface area contributed by atoms with E-state index in [1.807, 2.05) is 12.2 Å². The minimum absolute atomic E-state index is 0. The number of nitrogens with two attached hydrogens (primary N) is 1. The molecule has 0 amide bonds. The number of esters is 1. The van der Waals surface area contributed by atoms with Crippen molar-refractivity contribution in [2.45, 2.75) is 18.9 Å². The number of halogens is 1. The summed E-state index contributed by atoms with van der Waals surface area (Å²) in [6.07, 6.45) is 5.47. The Morgan fingerprint density at radius 3 is 2.58 bits per heavy atom. The summed E-state index contributed by atoms with van der Waals surface area (Å²) in [6.45, 7) is 0. The van der Waals surface area contributed by atoms with Crippen molar-refractivity contribution >= 4 is 18.4 Å². The van der Waals surface area contributed by atoms with E-state index in [2.05, 4.69) is 4.74 Å². The molecule has 2 N–H and O–H groups in total. The fourth-order valence-electron chi connectivity index (χ4n) is 1.26. The highest BCUT2D eigenvalue weighted by atomic mass is 35.5. The Labute approximate surface area is 78.4 Å². The molecule has 1 rings (SSSR count). The molecule has 0 fully saturated rings. The summed E-state index contributed by atoms with van der Waals surface area (Å²) in [6, 6.07) is -0.0625. The van der Waals surface area contributed by atoms with Crippen LogP contribution in [0.25, 0.3) is 0 Å². The van der Waals surface area contributed by atoms with Crippen LogP contribution in [0.2, 0.25) is 0 Å². The van der Waals surface area contributed by atoms with Crippen LogP contribution in [-0.4, -0.2) is 19.1 Å². The second-order valence-electron chi connectivity index (χ2n) is 2.74. The molecule has 0 spiro atoms. The lowest BCUT2D eigenvalue weighted by Gasteiger charge is -2.22. The van der Waals surface area contributed by atoms with E-state index in [1.54, 1.807) is 0 Å². The van der Waals surface area contributed by atoms with Gasteiger partial charge in [-0.2, -0.15) is 0 Å². The van der Waals surface area contributed by atoms with E-state index < -0.39 is 0 Å². The fourth-order valence-corrected chi connectivity index (χ4v) is 1.26. The third kappa shape index (κ3) is 2.50. The van der Waals surface area contributed by atoms with Crippen molar-refractivity contribution in [3.63, 3.8) is 0 Å². The van der Waals surface area contributed by atoms with Crippen molar-refractivity contribution in [2.24, 2.45) is 11.7 Å². The predicted octanol–water partition coefficient (Wildman–Crippen LogP) is 0.875. The first kappa shape index (κ1) is 11.5. The lowest BCUT2D eigenvalue weighted by Crippen LogP contribution is -2.37. The van der Waals surface area contributed by atoms with E-state index in [4.69, 9.17) is 5.73 Å². The average Bonchev–Trinajstić information content (AvgIpc) is 2.04. The molecule has 0 aromatic rings. The second kappa shape index (κ2) is 5.17. The van der Waals surface area contributed by atoms with Gasteiger partial charge in [-0.05, 0) is 12.8 Å². The maximum atomic E-state index is 11.0. The Hall–Kier alpha value is -0.540. The summed E-state index contributed by atoms with van der Waals surface area (Å²) in [5.41, 5.74) is 5.70. The van der Waals surface area contributed by atoms with Crippen LogP contribution in [0.15, 0.2) is 12.2 Å². The Balaban J connectivity index is 0.00000121. The third-order valence-electron chi connectivity index (χ3n) is 1.99. The van der Waals surface area contributed by atoms with Crippen LogP contribution in [0, 0.1) is 5.92 Å². The first-order chi connectivity index (χ1) is 5.25. The number of hydrogen-bond donors (Lipinski definition) is 1. The molecule has 0 aromatic carbocycles. The van der Waals surface area contributed by atoms with Crippen molar-refractivity contribution in [3.05, 3.63) is 12.2 Å². The highest BCUT2D eigenvalue weighted by Gasteiger charge is 2.26. The molecule has 1 aliphatic rings. The van der Waals surface area contributed by atoms with E-state index in [0.717, 1.165) is 6.42 Å². The summed E-state index contributed by atoms with van der Waals surface area (Å²) in [5, 5.41) is 0. The van der Waals surface area contributed by atoms with Gasteiger partial charge >= 0.3 is 5.97 Å². The molecule has 2 atom stereocenters. The lowest BCUT2D eigenvalue weighted by atomic mass is 9.90. The van der Waals surface area contributed by atoms with Crippen LogP contribution in [0.5, 0.6) is 0 Å². The molecule has 70 valence electrons. The van der Waals surface area contributed by atoms with Gasteiger partial charge in [-0.3, -0.25) is 4.79 Å². The molecule has 0 saturated carbocycles. The van der Waals surface area contributed by atoms with Gasteiger partial charge < -0.3 is 10.5 Å². The van der Waals surface area contributed by atoms with Crippen molar-refractivity contribution in [3.8, 4) is 0 Å². The standard InChI is InChI=1S/C8H13NO2.ClH/c1-11-8(10)6-4-2-3-5-7(6)9;/h2-3,6-7H,4-5,9H2,1H3;1H/t6-,7+;/m1./s1. The number of allylic oxidation sites excluding steroid dienone is 1. The van der Waals surface area contributed by atoms with Gasteiger partial charge in [0.05, 0.1) is 13.0 Å². The summed E-state index contributed by atoms with van der Waals surface area (Å²) < 4.78 is 4.61. The number of carbonyl (C=O) groups is 1. The summed E-state index contributed by atoms with van der Waals surface area (Å²) >= 11 is 0. The minimum atomic E-state index is -0.193. The first-order valence-corrected chi connectivity index (χ1v) is 3.74. The predicted molar refractivity (Wildman–Crippen MR) is 49.1 cm³/mol. The SMILES string of the molecule is COC(=O)[C@@H]1CC=CC[C@@H]1N.Cl. The van der Waals surface area contributed by atoms with E-state index >= 15 is 0 Å². The normalized spacial score (nSPS) is 27.5. The molecule has 0 aromatic heterocycles. The van der Waals surface area contributed by atoms with Crippen LogP contribution in [-0.2, 0) is 9.53 Å². The highest BCUT2D eigenvalue weighted by molar-refractivity contribution is 5.85. The quantitative estimate of drug-likeness (QED) is 0.495. The molecule has 0 saturated heterocycles. The average molecular weight is 192 g/mol. The molecule has 0 unspecified atom stereocenters. The molecular formula is C8H14ClNO2. The van der Waals surface area contributed by atoms with Crippen molar-refractivity contribution < 1.29 is 9.53 Å². The monoisotopic (exact) mass is 191 g/mol. The molecule has 0 radical (unpaired) electrons. The van der Waals surface area contributed by atoms with Crippen molar-refractivity contribution in [1.29, 1.82) is 0 Å². The van der Waals surface area contributed by atoms with Gasteiger partial charge in [0.1, 0.15) is 0 Å². The molecule has 0 bridgehead atoms. The summed E-state index contributed by atoms with van der Waals surface area (Å²) in [4.78, 5) is 11.0. The first-order valence-electron chi connectivity index (χ1n) is 3.74. The zero-order chi connectivity index (χ0) is 8.27. The topological polar surface area (TPSA) is 52.3 Å². The largest absolute Gasteiger partial charge is 0.469 e. The van der Waals surface area contributed by atoms with Crippen LogP contribution < -0.4 is 5.73 Å². The fraction of sp³-hybridized carbons (Fsp3) is 0.625. The van der Waals surface area contributed by atoms with Gasteiger partial charge in [-0.15, -0.1) is 12.4 Å². The van der Waals surface area contributed by atoms with E-state index in [9.17, 15) is 4.79 Å². The molecular weight excluding hydrogens is 178 g/mol. The van der Waals surface area contributed by atoms with Crippen LogP contribution in [0.4, 0.5) is 0 Å². The van der Waals surface area contributed by atoms with E-state index in [-0.39, 0.29) is 30.3 Å². The van der Waals surface area contributed by atoms with Crippen molar-refractivity contribution in [1.82, 2.24) is 0 Å². The zero-order valence-corrected chi connectivity index (χ0v) is 7.84. The molecule has 4 heteroatoms. The van der Waals surface area contributed by atoms with E-state index in [1.165, 1.54) is 7.11 Å². The number of ether oxygens (including phenoxy) is 1. The van der Waals surface area contributed by atoms with Crippen LogP contribution in [0.3, 0.4) is 0 Å². The number of methoxy groups -OCH3 is 1. The van der Waals surface area contributed by atoms with Crippen LogP contribution in [0.1, 0.15) is 12.8 Å². The Kier molecular flexibility index (Phi) is 4.93. The zero-order valence-electron chi connectivity index (χ0n) is 7.03. The van der Waals surface area contributed by atoms with Gasteiger partial charge in [0.15, 0.2) is 0 Å². The molecule has 1 aliphatic carbocycles. The lowest BCUT2D eigenvalue weighted by molar-refractivity contribution is -0.146. The van der Waals surface area contributed by atoms with Gasteiger partial charge in [0, 0.05) is 6.04 Å². The number of hydrogen-bond acceptors (Lipinski definition) is 3. The third-order valence-corrected chi connectivity index (χ3v) is 1.99. The van der Waals surface area contributed by atoms with Gasteiger partial charge in [-0.25, -0.2) is 0 Å². The Bertz CT molecular complexity index is 182. The molecule has 12 heavy (non-hydrogen) atoms. The number of rotatable bonds is 1. The van der Waals surface area contributed by atoms with Crippen molar-refractivity contribution in [2.75, 3.05) is 7.11 Å². The summed E-state index contributed by atoms with van der Waals surface area (Å²) in [5.74, 6) is -0.327. The second-order valence-corrected chi connectivity index (χ2v) is 2.74. The number of carbonyl (C=O) groups excluding carboxylic acids is 1. The van der Waals surface area contributed by atoms with E-state index in [0.29, 0.717) is 6.42 Å². The molecule has 3 nitrogen and oxygen atoms in total. The summed E-state index contributed by atoms with van der Waals surface area (Å²) in [7, 11) is 1.40. The molecule has 0 heterocycles. The Morgan fingerprint density at radius 1 is 1.50 bits per heavy atom. The highest BCUT2D eigenvalue weighted by Crippen LogP contribution is 2.18. The maximum absolute atomic E-state index is 11.0. The van der Waals surface area contributed by atoms with Gasteiger partial charge in [0.25, 0.3) is 0 Å². The Morgan fingerprint density at radius 2 is 2.08 bits per heavy atom. The van der Waals surface area contributed by atoms with Gasteiger partial charge in [-0.1, -0.05) is 12.2 Å².